The van der Waals surface area contributed by atoms with Gasteiger partial charge in [0.1, 0.15) is 0 Å². The van der Waals surface area contributed by atoms with E-state index in [9.17, 15) is 0 Å². The zero-order chi connectivity index (χ0) is 26.8. The number of aromatic nitrogens is 4. The lowest BCUT2D eigenvalue weighted by atomic mass is 9.95. The lowest BCUT2D eigenvalue weighted by Gasteiger charge is -2.17. The van der Waals surface area contributed by atoms with Crippen molar-refractivity contribution in [2.45, 2.75) is 20.3 Å². The maximum Gasteiger partial charge on any atom is 0.164 e. The van der Waals surface area contributed by atoms with Crippen LogP contribution in [0.3, 0.4) is 0 Å². The Morgan fingerprint density at radius 2 is 1.64 bits per heavy atom. The van der Waals surface area contributed by atoms with Crippen LogP contribution in [0.1, 0.15) is 30.9 Å². The Morgan fingerprint density at radius 3 is 2.44 bits per heavy atom. The van der Waals surface area contributed by atoms with Crippen LogP contribution in [0.25, 0.3) is 51.0 Å². The minimum atomic E-state index is 0.490. The number of nitrogens with zero attached hydrogens (tertiary/aromatic N) is 4. The second-order valence-electron chi connectivity index (χ2n) is 9.83. The number of hydrogen-bond donors (Lipinski definition) is 0. The molecule has 1 aliphatic rings. The number of benzene rings is 3. The minimum absolute atomic E-state index is 0.490. The van der Waals surface area contributed by atoms with Gasteiger partial charge in [-0.2, -0.15) is 0 Å². The van der Waals surface area contributed by atoms with E-state index in [1.807, 2.05) is 55.5 Å². The topological polar surface area (TPSA) is 43.6 Å². The largest absolute Gasteiger partial charge is 0.313 e. The average molecular weight is 507 g/mol. The Balaban J connectivity index is 1.54. The van der Waals surface area contributed by atoms with Crippen LogP contribution in [0.5, 0.6) is 0 Å². The fourth-order valence-corrected chi connectivity index (χ4v) is 5.20. The molecule has 1 unspecified atom stereocenters. The Bertz CT molecular complexity index is 1770. The molecular formula is C35H30N4. The van der Waals surface area contributed by atoms with Crippen molar-refractivity contribution in [3.8, 4) is 28.5 Å². The summed E-state index contributed by atoms with van der Waals surface area (Å²) in [6.45, 7) is 8.26. The van der Waals surface area contributed by atoms with Gasteiger partial charge in [-0.3, -0.25) is 0 Å². The summed E-state index contributed by atoms with van der Waals surface area (Å²) in [6, 6.07) is 27.2. The Morgan fingerprint density at radius 1 is 0.897 bits per heavy atom. The molecule has 39 heavy (non-hydrogen) atoms. The number of allylic oxidation sites excluding steroid dienone is 6. The smallest absolute Gasteiger partial charge is 0.164 e. The van der Waals surface area contributed by atoms with Crippen LogP contribution in [-0.2, 0) is 6.42 Å². The second kappa shape index (κ2) is 10.5. The third-order valence-corrected chi connectivity index (χ3v) is 7.10. The highest BCUT2D eigenvalue weighted by Crippen LogP contribution is 2.36. The molecule has 1 atom stereocenters. The normalized spacial score (nSPS) is 15.1. The molecule has 0 radical (unpaired) electrons. The molecule has 2 heterocycles. The first kappa shape index (κ1) is 24.5. The van der Waals surface area contributed by atoms with Gasteiger partial charge >= 0.3 is 0 Å². The Kier molecular flexibility index (Phi) is 6.60. The van der Waals surface area contributed by atoms with Gasteiger partial charge in [0.05, 0.1) is 5.52 Å². The van der Waals surface area contributed by atoms with E-state index in [-0.39, 0.29) is 0 Å². The lowest BCUT2D eigenvalue weighted by Crippen LogP contribution is -2.08. The van der Waals surface area contributed by atoms with Gasteiger partial charge in [-0.1, -0.05) is 111 Å². The Labute approximate surface area is 229 Å². The van der Waals surface area contributed by atoms with Gasteiger partial charge in [0.25, 0.3) is 0 Å². The van der Waals surface area contributed by atoms with Crippen molar-refractivity contribution in [2.75, 3.05) is 0 Å². The molecular weight excluding hydrogens is 476 g/mol. The number of hydrogen-bond acceptors (Lipinski definition) is 3. The third-order valence-electron chi connectivity index (χ3n) is 7.10. The molecule has 3 aromatic carbocycles. The molecule has 190 valence electrons. The van der Waals surface area contributed by atoms with Crippen molar-refractivity contribution < 1.29 is 0 Å². The van der Waals surface area contributed by atoms with Crippen molar-refractivity contribution in [3.63, 3.8) is 0 Å². The van der Waals surface area contributed by atoms with Crippen molar-refractivity contribution in [2.24, 2.45) is 5.92 Å². The SMILES string of the molecule is C=C/C(=C\C=C/C)c1nc(-c2ccccc2)nc(-c2cccc(-n3c4c(c5ccccc53)C=CC(C)C4)c2)n1. The molecule has 0 fully saturated rings. The van der Waals surface area contributed by atoms with Gasteiger partial charge < -0.3 is 4.57 Å². The van der Waals surface area contributed by atoms with E-state index >= 15 is 0 Å². The van der Waals surface area contributed by atoms with Crippen LogP contribution in [0.2, 0.25) is 0 Å². The summed E-state index contributed by atoms with van der Waals surface area (Å²) in [7, 11) is 0. The van der Waals surface area contributed by atoms with Crippen LogP contribution in [0.4, 0.5) is 0 Å². The van der Waals surface area contributed by atoms with Crippen molar-refractivity contribution in [3.05, 3.63) is 133 Å². The molecule has 0 saturated heterocycles. The van der Waals surface area contributed by atoms with Crippen LogP contribution >= 0.6 is 0 Å². The fraction of sp³-hybridized carbons (Fsp3) is 0.114. The van der Waals surface area contributed by atoms with Crippen molar-refractivity contribution >= 4 is 22.6 Å². The first-order chi connectivity index (χ1) is 19.2. The monoisotopic (exact) mass is 506 g/mol. The zero-order valence-corrected chi connectivity index (χ0v) is 22.3. The molecule has 0 spiro atoms. The van der Waals surface area contributed by atoms with E-state index in [0.29, 0.717) is 23.4 Å². The summed E-state index contributed by atoms with van der Waals surface area (Å²) in [5.41, 5.74) is 7.69. The van der Waals surface area contributed by atoms with Gasteiger partial charge in [-0.15, -0.1) is 0 Å². The van der Waals surface area contributed by atoms with Crippen LogP contribution in [-0.4, -0.2) is 19.5 Å². The highest BCUT2D eigenvalue weighted by Gasteiger charge is 2.21. The predicted molar refractivity (Wildman–Crippen MR) is 162 cm³/mol. The molecule has 0 N–H and O–H groups in total. The summed E-state index contributed by atoms with van der Waals surface area (Å²) < 4.78 is 2.40. The van der Waals surface area contributed by atoms with Crippen molar-refractivity contribution in [1.29, 1.82) is 0 Å². The maximum atomic E-state index is 4.93. The summed E-state index contributed by atoms with van der Waals surface area (Å²) in [5.74, 6) is 2.36. The van der Waals surface area contributed by atoms with Gasteiger partial charge in [0, 0.05) is 39.0 Å². The lowest BCUT2D eigenvalue weighted by molar-refractivity contribution is 0.690. The van der Waals surface area contributed by atoms with E-state index < -0.39 is 0 Å². The molecule has 4 heteroatoms. The molecule has 2 aromatic heterocycles. The Hall–Kier alpha value is -4.83. The quantitative estimate of drug-likeness (QED) is 0.217. The zero-order valence-electron chi connectivity index (χ0n) is 22.3. The molecule has 4 nitrogen and oxygen atoms in total. The van der Waals surface area contributed by atoms with Crippen LogP contribution < -0.4 is 0 Å². The molecule has 1 aliphatic carbocycles. The minimum Gasteiger partial charge on any atom is -0.313 e. The van der Waals surface area contributed by atoms with Crippen LogP contribution in [0.15, 0.2) is 116 Å². The number of rotatable bonds is 6. The van der Waals surface area contributed by atoms with E-state index in [1.165, 1.54) is 22.2 Å². The van der Waals surface area contributed by atoms with Gasteiger partial charge in [0.2, 0.25) is 0 Å². The summed E-state index contributed by atoms with van der Waals surface area (Å²) >= 11 is 0. The molecule has 0 saturated carbocycles. The highest BCUT2D eigenvalue weighted by atomic mass is 15.0. The van der Waals surface area contributed by atoms with Crippen LogP contribution in [0, 0.1) is 5.92 Å². The van der Waals surface area contributed by atoms with Gasteiger partial charge in [-0.25, -0.2) is 15.0 Å². The average Bonchev–Trinajstić information content (AvgIpc) is 3.31. The molecule has 5 aromatic rings. The van der Waals surface area contributed by atoms with E-state index in [2.05, 4.69) is 78.8 Å². The van der Waals surface area contributed by atoms with E-state index in [1.54, 1.807) is 6.08 Å². The second-order valence-corrected chi connectivity index (χ2v) is 9.83. The molecule has 0 bridgehead atoms. The van der Waals surface area contributed by atoms with E-state index in [0.717, 1.165) is 28.8 Å². The van der Waals surface area contributed by atoms with E-state index in [4.69, 9.17) is 15.0 Å². The van der Waals surface area contributed by atoms with Crippen molar-refractivity contribution in [1.82, 2.24) is 19.5 Å². The highest BCUT2D eigenvalue weighted by molar-refractivity contribution is 5.93. The fourth-order valence-electron chi connectivity index (χ4n) is 5.20. The summed E-state index contributed by atoms with van der Waals surface area (Å²) in [4.78, 5) is 14.7. The number of para-hydroxylation sites is 1. The van der Waals surface area contributed by atoms with Gasteiger partial charge in [-0.05, 0) is 37.5 Å². The van der Waals surface area contributed by atoms with Gasteiger partial charge in [0.15, 0.2) is 17.5 Å². The summed E-state index contributed by atoms with van der Waals surface area (Å²) in [6.07, 6.45) is 13.3. The standard InChI is InChI=1S/C35H30N4/c1-4-6-13-25(5-2)33-36-34(26-14-8-7-9-15-26)38-35(37-33)27-16-12-17-28(23-27)39-31-19-11-10-18-29(31)30-21-20-24(3)22-32(30)39/h4-21,23-24H,2,22H2,1,3H3/b6-4-,25-13+. The number of fused-ring (bicyclic) bond motifs is 3. The first-order valence-corrected chi connectivity index (χ1v) is 13.3. The predicted octanol–water partition coefficient (Wildman–Crippen LogP) is 8.50. The third kappa shape index (κ3) is 4.66. The molecule has 0 aliphatic heterocycles. The molecule has 6 rings (SSSR count). The summed E-state index contributed by atoms with van der Waals surface area (Å²) in [5, 5.41) is 1.28. The first-order valence-electron chi connectivity index (χ1n) is 13.3. The maximum absolute atomic E-state index is 4.93. The molecule has 0 amide bonds.